The topological polar surface area (TPSA) is 72.3 Å². The summed E-state index contributed by atoms with van der Waals surface area (Å²) >= 11 is 5.84. The van der Waals surface area contributed by atoms with E-state index in [1.54, 1.807) is 31.2 Å². The van der Waals surface area contributed by atoms with Crippen LogP contribution in [0.25, 0.3) is 11.3 Å². The van der Waals surface area contributed by atoms with E-state index in [9.17, 15) is 4.79 Å². The second-order valence-electron chi connectivity index (χ2n) is 4.18. The minimum atomic E-state index is -1.13. The van der Waals surface area contributed by atoms with Crippen molar-refractivity contribution in [2.45, 2.75) is 13.0 Å². The Kier molecular flexibility index (Phi) is 4.32. The molecule has 2 aromatic rings. The molecule has 0 spiro atoms. The van der Waals surface area contributed by atoms with Gasteiger partial charge in [0.1, 0.15) is 5.69 Å². The molecule has 0 saturated heterocycles. The highest BCUT2D eigenvalue weighted by atomic mass is 35.5. The van der Waals surface area contributed by atoms with Crippen molar-refractivity contribution in [1.82, 2.24) is 9.97 Å². The average molecular weight is 293 g/mol. The lowest BCUT2D eigenvalue weighted by molar-refractivity contribution is 0.0672. The number of nitrogens with zero attached hydrogens (tertiary/aromatic N) is 2. The molecule has 0 aliphatic rings. The van der Waals surface area contributed by atoms with Gasteiger partial charge in [-0.1, -0.05) is 23.7 Å². The summed E-state index contributed by atoms with van der Waals surface area (Å²) < 4.78 is 5.15. The van der Waals surface area contributed by atoms with Crippen LogP contribution in [0.3, 0.4) is 0 Å². The molecular formula is C14H13ClN2O3. The first-order valence-electron chi connectivity index (χ1n) is 5.92. The number of hydrogen-bond acceptors (Lipinski definition) is 4. The standard InChI is InChI=1S/C14H13ClN2O3/c1-8(20-2)12-13(14(18)19)16-7-11(17-12)9-3-5-10(15)6-4-9/h3-8H,1-2H3,(H,18,19). The molecule has 0 amide bonds. The number of carbonyl (C=O) groups is 1. The molecule has 6 heteroatoms. The SMILES string of the molecule is COC(C)c1nc(-c2ccc(Cl)cc2)cnc1C(=O)O. The molecule has 2 rings (SSSR count). The van der Waals surface area contributed by atoms with Gasteiger partial charge in [0, 0.05) is 17.7 Å². The zero-order chi connectivity index (χ0) is 14.7. The van der Waals surface area contributed by atoms with Crippen molar-refractivity contribution >= 4 is 17.6 Å². The molecule has 0 bridgehead atoms. The first-order chi connectivity index (χ1) is 9.52. The maximum absolute atomic E-state index is 11.2. The minimum Gasteiger partial charge on any atom is -0.476 e. The van der Waals surface area contributed by atoms with Gasteiger partial charge >= 0.3 is 5.97 Å². The molecule has 1 unspecified atom stereocenters. The second kappa shape index (κ2) is 5.98. The Balaban J connectivity index is 2.51. The summed E-state index contributed by atoms with van der Waals surface area (Å²) in [6, 6.07) is 7.08. The number of hydrogen-bond donors (Lipinski definition) is 1. The molecule has 1 atom stereocenters. The summed E-state index contributed by atoms with van der Waals surface area (Å²) in [6.45, 7) is 1.72. The van der Waals surface area contributed by atoms with E-state index in [2.05, 4.69) is 9.97 Å². The smallest absolute Gasteiger partial charge is 0.356 e. The Morgan fingerprint density at radius 2 is 2.00 bits per heavy atom. The Hall–Kier alpha value is -1.98. The van der Waals surface area contributed by atoms with Gasteiger partial charge in [-0.3, -0.25) is 0 Å². The molecule has 0 saturated carbocycles. The van der Waals surface area contributed by atoms with Crippen LogP contribution in [-0.2, 0) is 4.74 Å². The van der Waals surface area contributed by atoms with Gasteiger partial charge in [0.25, 0.3) is 0 Å². The van der Waals surface area contributed by atoms with Crippen molar-refractivity contribution in [2.75, 3.05) is 7.11 Å². The van der Waals surface area contributed by atoms with Crippen molar-refractivity contribution in [3.8, 4) is 11.3 Å². The van der Waals surface area contributed by atoms with Gasteiger partial charge in [-0.2, -0.15) is 0 Å². The minimum absolute atomic E-state index is 0.0999. The highest BCUT2D eigenvalue weighted by Gasteiger charge is 2.19. The van der Waals surface area contributed by atoms with Crippen LogP contribution in [0.2, 0.25) is 5.02 Å². The lowest BCUT2D eigenvalue weighted by Gasteiger charge is -2.12. The number of rotatable bonds is 4. The number of methoxy groups -OCH3 is 1. The van der Waals surface area contributed by atoms with Gasteiger partial charge in [0.05, 0.1) is 18.0 Å². The average Bonchev–Trinajstić information content (AvgIpc) is 2.46. The van der Waals surface area contributed by atoms with Crippen LogP contribution in [0.5, 0.6) is 0 Å². The molecule has 0 aliphatic heterocycles. The Bertz CT molecular complexity index is 629. The van der Waals surface area contributed by atoms with Gasteiger partial charge in [-0.05, 0) is 19.1 Å². The summed E-state index contributed by atoms with van der Waals surface area (Å²) in [4.78, 5) is 19.5. The lowest BCUT2D eigenvalue weighted by Crippen LogP contribution is -2.12. The fraction of sp³-hybridized carbons (Fsp3) is 0.214. The first kappa shape index (κ1) is 14.4. The van der Waals surface area contributed by atoms with Crippen LogP contribution in [-0.4, -0.2) is 28.2 Å². The normalized spacial score (nSPS) is 12.2. The van der Waals surface area contributed by atoms with Gasteiger partial charge in [0.15, 0.2) is 5.69 Å². The summed E-state index contributed by atoms with van der Waals surface area (Å²) in [5, 5.41) is 9.75. The van der Waals surface area contributed by atoms with Crippen molar-refractivity contribution < 1.29 is 14.6 Å². The summed E-state index contributed by atoms with van der Waals surface area (Å²) in [5.41, 5.74) is 1.58. The molecule has 0 radical (unpaired) electrons. The molecule has 104 valence electrons. The second-order valence-corrected chi connectivity index (χ2v) is 4.62. The first-order valence-corrected chi connectivity index (χ1v) is 6.29. The predicted molar refractivity (Wildman–Crippen MR) is 74.9 cm³/mol. The van der Waals surface area contributed by atoms with Crippen LogP contribution in [0.4, 0.5) is 0 Å². The number of aromatic carboxylic acids is 1. The predicted octanol–water partition coefficient (Wildman–Crippen LogP) is 3.20. The third kappa shape index (κ3) is 2.95. The summed E-state index contributed by atoms with van der Waals surface area (Å²) in [6.07, 6.45) is 0.972. The third-order valence-electron chi connectivity index (χ3n) is 2.88. The van der Waals surface area contributed by atoms with Crippen LogP contribution in [0.1, 0.15) is 29.2 Å². The van der Waals surface area contributed by atoms with E-state index in [-0.39, 0.29) is 5.69 Å². The van der Waals surface area contributed by atoms with E-state index in [0.717, 1.165) is 5.56 Å². The largest absolute Gasteiger partial charge is 0.476 e. The van der Waals surface area contributed by atoms with E-state index >= 15 is 0 Å². The Morgan fingerprint density at radius 3 is 2.55 bits per heavy atom. The molecule has 20 heavy (non-hydrogen) atoms. The van der Waals surface area contributed by atoms with E-state index in [1.807, 2.05) is 0 Å². The molecule has 5 nitrogen and oxygen atoms in total. The Labute approximate surface area is 121 Å². The van der Waals surface area contributed by atoms with Crippen LogP contribution in [0.15, 0.2) is 30.5 Å². The van der Waals surface area contributed by atoms with Crippen molar-refractivity contribution in [1.29, 1.82) is 0 Å². The van der Waals surface area contributed by atoms with Gasteiger partial charge in [-0.15, -0.1) is 0 Å². The number of aromatic nitrogens is 2. The van der Waals surface area contributed by atoms with Crippen LogP contribution >= 0.6 is 11.6 Å². The molecule has 1 heterocycles. The Morgan fingerprint density at radius 1 is 1.35 bits per heavy atom. The van der Waals surface area contributed by atoms with Gasteiger partial charge in [-0.25, -0.2) is 14.8 Å². The fourth-order valence-electron chi connectivity index (χ4n) is 1.72. The molecule has 1 aromatic heterocycles. The summed E-state index contributed by atoms with van der Waals surface area (Å²) in [7, 11) is 1.49. The maximum atomic E-state index is 11.2. The van der Waals surface area contributed by atoms with Crippen LogP contribution < -0.4 is 0 Å². The van der Waals surface area contributed by atoms with E-state index in [0.29, 0.717) is 16.4 Å². The van der Waals surface area contributed by atoms with Crippen molar-refractivity contribution in [3.05, 3.63) is 46.9 Å². The van der Waals surface area contributed by atoms with Gasteiger partial charge in [0.2, 0.25) is 0 Å². The molecule has 1 aromatic carbocycles. The molecule has 0 aliphatic carbocycles. The zero-order valence-electron chi connectivity index (χ0n) is 11.0. The lowest BCUT2D eigenvalue weighted by atomic mass is 10.1. The quantitative estimate of drug-likeness (QED) is 0.937. The van der Waals surface area contributed by atoms with E-state index in [4.69, 9.17) is 21.4 Å². The third-order valence-corrected chi connectivity index (χ3v) is 3.13. The highest BCUT2D eigenvalue weighted by molar-refractivity contribution is 6.30. The number of carboxylic acid groups (broad SMARTS) is 1. The highest BCUT2D eigenvalue weighted by Crippen LogP contribution is 2.23. The number of ether oxygens (including phenoxy) is 1. The molecule has 0 fully saturated rings. The maximum Gasteiger partial charge on any atom is 0.356 e. The number of carboxylic acids is 1. The van der Waals surface area contributed by atoms with Crippen LogP contribution in [0, 0.1) is 0 Å². The van der Waals surface area contributed by atoms with Crippen molar-refractivity contribution in [3.63, 3.8) is 0 Å². The number of benzene rings is 1. The van der Waals surface area contributed by atoms with Crippen molar-refractivity contribution in [2.24, 2.45) is 0 Å². The van der Waals surface area contributed by atoms with E-state index < -0.39 is 12.1 Å². The monoisotopic (exact) mass is 292 g/mol. The zero-order valence-corrected chi connectivity index (χ0v) is 11.8. The fourth-order valence-corrected chi connectivity index (χ4v) is 1.85. The summed E-state index contributed by atoms with van der Waals surface area (Å²) in [5.74, 6) is -1.13. The van der Waals surface area contributed by atoms with E-state index in [1.165, 1.54) is 13.3 Å². The molecule has 1 N–H and O–H groups in total. The molecular weight excluding hydrogens is 280 g/mol. The number of halogens is 1. The van der Waals surface area contributed by atoms with Gasteiger partial charge < -0.3 is 9.84 Å².